The zero-order valence-electron chi connectivity index (χ0n) is 22.4. The van der Waals surface area contributed by atoms with Crippen LogP contribution in [0.4, 0.5) is 0 Å². The lowest BCUT2D eigenvalue weighted by atomic mass is 10.00. The van der Waals surface area contributed by atoms with Crippen LogP contribution in [0.25, 0.3) is 21.9 Å². The molecule has 0 bridgehead atoms. The smallest absolute Gasteiger partial charge is 0.303 e. The van der Waals surface area contributed by atoms with Gasteiger partial charge < -0.3 is 14.7 Å². The van der Waals surface area contributed by atoms with Gasteiger partial charge in [0.1, 0.15) is 5.75 Å². The van der Waals surface area contributed by atoms with E-state index in [1.54, 1.807) is 4.90 Å². The zero-order chi connectivity index (χ0) is 27.2. The second kappa shape index (κ2) is 12.0. The van der Waals surface area contributed by atoms with Crippen molar-refractivity contribution in [3.8, 4) is 16.9 Å². The molecule has 1 atom stereocenters. The zero-order valence-corrected chi connectivity index (χ0v) is 21.4. The van der Waals surface area contributed by atoms with Crippen LogP contribution >= 0.6 is 0 Å². The van der Waals surface area contributed by atoms with Gasteiger partial charge in [-0.15, -0.1) is 0 Å². The van der Waals surface area contributed by atoms with Crippen LogP contribution in [0.2, 0.25) is 0 Å². The number of amides is 1. The lowest BCUT2D eigenvalue weighted by Crippen LogP contribution is -2.32. The molecule has 1 amide bonds. The normalized spacial score (nSPS) is 14.1. The first-order valence-electron chi connectivity index (χ1n) is 13.9. The molecule has 5 heteroatoms. The number of hydrogen-bond acceptors (Lipinski definition) is 3. The molecule has 0 radical (unpaired) electrons. The first-order valence-corrected chi connectivity index (χ1v) is 13.3. The maximum Gasteiger partial charge on any atom is 0.303 e. The highest BCUT2D eigenvalue weighted by Gasteiger charge is 2.33. The van der Waals surface area contributed by atoms with E-state index in [1.807, 2.05) is 60.7 Å². The Kier molecular flexibility index (Phi) is 7.62. The van der Waals surface area contributed by atoms with Crippen molar-refractivity contribution in [2.75, 3.05) is 6.61 Å². The third-order valence-corrected chi connectivity index (χ3v) is 6.88. The largest absolute Gasteiger partial charge is 0.493 e. The molecular weight excluding hydrogens is 474 g/mol. The number of nitrogens with zero attached hydrogens (tertiary/aromatic N) is 1. The molecule has 0 aromatic heterocycles. The molecule has 4 aromatic carbocycles. The van der Waals surface area contributed by atoms with Gasteiger partial charge in [0.2, 0.25) is 0 Å². The molecule has 194 valence electrons. The summed E-state index contributed by atoms with van der Waals surface area (Å²) in [5, 5.41) is 11.2. The topological polar surface area (TPSA) is 66.8 Å². The second-order valence-corrected chi connectivity index (χ2v) is 9.80. The van der Waals surface area contributed by atoms with Crippen molar-refractivity contribution in [1.82, 2.24) is 4.90 Å². The van der Waals surface area contributed by atoms with Crippen molar-refractivity contribution in [2.24, 2.45) is 0 Å². The summed E-state index contributed by atoms with van der Waals surface area (Å²) in [5.74, 6) is -0.335. The number of unbranched alkanes of at least 4 members (excludes halogenated alkanes) is 2. The van der Waals surface area contributed by atoms with Gasteiger partial charge in [-0.3, -0.25) is 9.59 Å². The monoisotopic (exact) mass is 508 g/mol. The number of carbonyl (C=O) groups is 2. The average molecular weight is 509 g/mol. The van der Waals surface area contributed by atoms with E-state index in [4.69, 9.17) is 11.2 Å². The second-order valence-electron chi connectivity index (χ2n) is 9.80. The van der Waals surface area contributed by atoms with Crippen molar-refractivity contribution in [2.45, 2.75) is 51.1 Å². The number of fused-ring (bicyclic) bond motifs is 1. The SMILES string of the molecule is [2H]C(c1ccccc1OCCCCCC(=O)O)N(C(=O)c1ccc(-c2ccc3ccccc3c2)cc1)C1CC1. The van der Waals surface area contributed by atoms with Gasteiger partial charge in [-0.05, 0) is 78.3 Å². The summed E-state index contributed by atoms with van der Waals surface area (Å²) in [6.07, 6.45) is 4.06. The molecule has 0 aliphatic heterocycles. The third-order valence-electron chi connectivity index (χ3n) is 6.88. The van der Waals surface area contributed by atoms with Gasteiger partial charge in [-0.2, -0.15) is 0 Å². The molecule has 1 aliphatic rings. The molecule has 4 aromatic rings. The van der Waals surface area contributed by atoms with Crippen LogP contribution < -0.4 is 4.74 Å². The summed E-state index contributed by atoms with van der Waals surface area (Å²) >= 11 is 0. The predicted molar refractivity (Wildman–Crippen MR) is 150 cm³/mol. The van der Waals surface area contributed by atoms with E-state index in [1.165, 1.54) is 10.8 Å². The van der Waals surface area contributed by atoms with Crippen LogP contribution in [0.5, 0.6) is 5.75 Å². The molecule has 38 heavy (non-hydrogen) atoms. The van der Waals surface area contributed by atoms with E-state index in [9.17, 15) is 9.59 Å². The number of hydrogen-bond donors (Lipinski definition) is 1. The van der Waals surface area contributed by atoms with Crippen LogP contribution in [0.1, 0.15) is 55.8 Å². The van der Waals surface area contributed by atoms with Crippen molar-refractivity contribution >= 4 is 22.6 Å². The first kappa shape index (κ1) is 24.2. The van der Waals surface area contributed by atoms with Gasteiger partial charge in [0, 0.05) is 30.1 Å². The van der Waals surface area contributed by atoms with E-state index in [-0.39, 0.29) is 18.4 Å². The lowest BCUT2D eigenvalue weighted by Gasteiger charge is -2.24. The Labute approximate surface area is 225 Å². The predicted octanol–water partition coefficient (Wildman–Crippen LogP) is 7.34. The number of carboxylic acids is 1. The quantitative estimate of drug-likeness (QED) is 0.203. The van der Waals surface area contributed by atoms with Crippen LogP contribution in [0.3, 0.4) is 0 Å². The van der Waals surface area contributed by atoms with E-state index in [0.717, 1.165) is 36.8 Å². The van der Waals surface area contributed by atoms with Crippen molar-refractivity contribution in [1.29, 1.82) is 0 Å². The molecule has 1 saturated carbocycles. The Bertz CT molecular complexity index is 1450. The fourth-order valence-corrected chi connectivity index (χ4v) is 4.61. The fourth-order valence-electron chi connectivity index (χ4n) is 4.61. The summed E-state index contributed by atoms with van der Waals surface area (Å²) in [7, 11) is 0. The van der Waals surface area contributed by atoms with Gasteiger partial charge in [-0.25, -0.2) is 0 Å². The third kappa shape index (κ3) is 6.41. The van der Waals surface area contributed by atoms with Gasteiger partial charge in [-0.1, -0.05) is 66.7 Å². The minimum Gasteiger partial charge on any atom is -0.493 e. The van der Waals surface area contributed by atoms with Gasteiger partial charge in [0.15, 0.2) is 0 Å². The number of carboxylic acid groups (broad SMARTS) is 1. The molecule has 1 N–H and O–H groups in total. The standard InChI is InChI=1S/C33H33NO4/c35-32(36)12-2-1-7-21-38-31-11-6-5-10-29(31)23-34(30-19-20-30)33(37)26-16-13-25(14-17-26)28-18-15-24-8-3-4-9-27(24)22-28/h3-6,8-11,13-18,22,30H,1-2,7,12,19-21,23H2,(H,35,36)/i23D. The van der Waals surface area contributed by atoms with Crippen LogP contribution in [0.15, 0.2) is 91.0 Å². The molecule has 0 spiro atoms. The van der Waals surface area contributed by atoms with Crippen molar-refractivity contribution in [3.05, 3.63) is 102 Å². The van der Waals surface area contributed by atoms with E-state index in [0.29, 0.717) is 29.9 Å². The fraction of sp³-hybridized carbons (Fsp3) is 0.273. The highest BCUT2D eigenvalue weighted by Crippen LogP contribution is 2.32. The summed E-state index contributed by atoms with van der Waals surface area (Å²) < 4.78 is 15.1. The number of aliphatic carboxylic acids is 1. The lowest BCUT2D eigenvalue weighted by molar-refractivity contribution is -0.137. The molecule has 0 heterocycles. The van der Waals surface area contributed by atoms with E-state index < -0.39 is 12.5 Å². The van der Waals surface area contributed by atoms with Gasteiger partial charge >= 0.3 is 5.97 Å². The van der Waals surface area contributed by atoms with Gasteiger partial charge in [0.25, 0.3) is 5.91 Å². The van der Waals surface area contributed by atoms with E-state index in [2.05, 4.69) is 30.3 Å². The molecular formula is C33H33NO4. The maximum atomic E-state index is 13.7. The van der Waals surface area contributed by atoms with Crippen LogP contribution in [0, 0.1) is 0 Å². The Morgan fingerprint density at radius 3 is 2.32 bits per heavy atom. The Balaban J connectivity index is 1.29. The maximum absolute atomic E-state index is 13.7. The van der Waals surface area contributed by atoms with Gasteiger partial charge in [0.05, 0.1) is 7.98 Å². The minimum absolute atomic E-state index is 0.0456. The molecule has 1 unspecified atom stereocenters. The number of carbonyl (C=O) groups excluding carboxylic acids is 1. The van der Waals surface area contributed by atoms with E-state index >= 15 is 0 Å². The summed E-state index contributed by atoms with van der Waals surface area (Å²) in [5.41, 5.74) is 3.37. The van der Waals surface area contributed by atoms with Crippen molar-refractivity contribution in [3.63, 3.8) is 0 Å². The molecule has 1 aliphatic carbocycles. The molecule has 0 saturated heterocycles. The highest BCUT2D eigenvalue weighted by atomic mass is 16.5. The molecule has 1 fully saturated rings. The number of benzene rings is 4. The van der Waals surface area contributed by atoms with Crippen LogP contribution in [-0.2, 0) is 11.3 Å². The first-order chi connectivity index (χ1) is 19.0. The minimum atomic E-state index is -0.881. The summed E-state index contributed by atoms with van der Waals surface area (Å²) in [6, 6.07) is 29.7. The summed E-state index contributed by atoms with van der Waals surface area (Å²) in [6.45, 7) is -0.440. The summed E-state index contributed by atoms with van der Waals surface area (Å²) in [4.78, 5) is 26.1. The van der Waals surface area contributed by atoms with Crippen molar-refractivity contribution < 1.29 is 20.8 Å². The number of rotatable bonds is 12. The van der Waals surface area contributed by atoms with Crippen LogP contribution in [-0.4, -0.2) is 34.5 Å². The highest BCUT2D eigenvalue weighted by molar-refractivity contribution is 5.95. The Morgan fingerprint density at radius 2 is 1.55 bits per heavy atom. The molecule has 5 rings (SSSR count). The average Bonchev–Trinajstić information content (AvgIpc) is 3.80. The Morgan fingerprint density at radius 1 is 0.842 bits per heavy atom. The molecule has 5 nitrogen and oxygen atoms in total. The number of ether oxygens (including phenoxy) is 1. The Hall–Kier alpha value is -4.12. The number of para-hydroxylation sites is 1.